The number of anilines is 1. The van der Waals surface area contributed by atoms with Gasteiger partial charge >= 0.3 is 0 Å². The molecule has 1 heterocycles. The highest BCUT2D eigenvalue weighted by molar-refractivity contribution is 9.10. The number of rotatable bonds is 2. The Morgan fingerprint density at radius 3 is 2.88 bits per heavy atom. The molecule has 0 radical (unpaired) electrons. The Morgan fingerprint density at radius 2 is 2.12 bits per heavy atom. The number of ether oxygens (including phenoxy) is 1. The van der Waals surface area contributed by atoms with Crippen molar-refractivity contribution < 1.29 is 4.74 Å². The van der Waals surface area contributed by atoms with Gasteiger partial charge in [0.2, 0.25) is 0 Å². The number of nitrogens with one attached hydrogen (secondary N) is 2. The predicted molar refractivity (Wildman–Crippen MR) is 107 cm³/mol. The summed E-state index contributed by atoms with van der Waals surface area (Å²) in [5.74, 6) is 0.867. The molecule has 0 saturated carbocycles. The van der Waals surface area contributed by atoms with Gasteiger partial charge in [-0.25, -0.2) is 0 Å². The quantitative estimate of drug-likeness (QED) is 0.682. The number of fused-ring (bicyclic) bond motifs is 1. The molecular formula is C19H18BrN3OS. The van der Waals surface area contributed by atoms with Gasteiger partial charge in [0.05, 0.1) is 17.7 Å². The first-order valence-electron chi connectivity index (χ1n) is 7.92. The third-order valence-corrected chi connectivity index (χ3v) is 4.70. The smallest absolute Gasteiger partial charge is 0.171 e. The van der Waals surface area contributed by atoms with Gasteiger partial charge in [-0.2, -0.15) is 5.26 Å². The maximum Gasteiger partial charge on any atom is 0.171 e. The number of nitrogens with zero attached hydrogens (tertiary/aromatic N) is 1. The standard InChI is InChI=1S/C19H18BrN3OS/c1-19(2)10-16(15-9-13(20)6-7-17(15)24-19)23-18(25)22-14-5-3-4-12(8-14)11-21/h3-9,16H,10H2,1-2H3,(H2,22,23,25)/t16-/m1/s1. The highest BCUT2D eigenvalue weighted by Gasteiger charge is 2.34. The van der Waals surface area contributed by atoms with Gasteiger partial charge in [-0.05, 0) is 62.5 Å². The van der Waals surface area contributed by atoms with E-state index < -0.39 is 0 Å². The van der Waals surface area contributed by atoms with Gasteiger partial charge in [0.25, 0.3) is 0 Å². The van der Waals surface area contributed by atoms with Crippen molar-refractivity contribution >= 4 is 38.9 Å². The average Bonchev–Trinajstić information content (AvgIpc) is 2.55. The van der Waals surface area contributed by atoms with Crippen molar-refractivity contribution in [3.63, 3.8) is 0 Å². The van der Waals surface area contributed by atoms with Gasteiger partial charge < -0.3 is 15.4 Å². The molecule has 0 amide bonds. The Labute approximate surface area is 161 Å². The number of nitriles is 1. The van der Waals surface area contributed by atoms with Crippen molar-refractivity contribution in [2.75, 3.05) is 5.32 Å². The van der Waals surface area contributed by atoms with E-state index in [1.165, 1.54) is 0 Å². The lowest BCUT2D eigenvalue weighted by atomic mass is 9.90. The first-order chi connectivity index (χ1) is 11.9. The summed E-state index contributed by atoms with van der Waals surface area (Å²) in [6.07, 6.45) is 0.788. The van der Waals surface area contributed by atoms with Crippen LogP contribution in [0.4, 0.5) is 5.69 Å². The summed E-state index contributed by atoms with van der Waals surface area (Å²) in [5, 5.41) is 16.1. The highest BCUT2D eigenvalue weighted by atomic mass is 79.9. The zero-order chi connectivity index (χ0) is 18.0. The predicted octanol–water partition coefficient (Wildman–Crippen LogP) is 4.91. The topological polar surface area (TPSA) is 57.1 Å². The molecule has 0 fully saturated rings. The molecule has 1 aliphatic rings. The fourth-order valence-corrected chi connectivity index (χ4v) is 3.59. The van der Waals surface area contributed by atoms with Gasteiger partial charge in [0.15, 0.2) is 5.11 Å². The monoisotopic (exact) mass is 415 g/mol. The third-order valence-electron chi connectivity index (χ3n) is 3.98. The van der Waals surface area contributed by atoms with E-state index in [1.807, 2.05) is 24.3 Å². The van der Waals surface area contributed by atoms with Crippen molar-refractivity contribution in [1.29, 1.82) is 5.26 Å². The second-order valence-corrected chi connectivity index (χ2v) is 7.92. The molecule has 25 heavy (non-hydrogen) atoms. The zero-order valence-electron chi connectivity index (χ0n) is 14.0. The van der Waals surface area contributed by atoms with Crippen molar-refractivity contribution in [2.45, 2.75) is 31.9 Å². The van der Waals surface area contributed by atoms with E-state index in [1.54, 1.807) is 12.1 Å². The largest absolute Gasteiger partial charge is 0.487 e. The summed E-state index contributed by atoms with van der Waals surface area (Å²) in [7, 11) is 0. The van der Waals surface area contributed by atoms with E-state index >= 15 is 0 Å². The van der Waals surface area contributed by atoms with Crippen molar-refractivity contribution in [2.24, 2.45) is 0 Å². The summed E-state index contributed by atoms with van der Waals surface area (Å²) in [5.41, 5.74) is 2.17. The van der Waals surface area contributed by atoms with Crippen LogP contribution in [-0.2, 0) is 0 Å². The Hall–Kier alpha value is -2.10. The molecule has 4 nitrogen and oxygen atoms in total. The number of hydrogen-bond acceptors (Lipinski definition) is 3. The molecule has 3 rings (SSSR count). The van der Waals surface area contributed by atoms with Crippen LogP contribution in [0, 0.1) is 11.3 Å². The Morgan fingerprint density at radius 1 is 1.32 bits per heavy atom. The highest BCUT2D eigenvalue weighted by Crippen LogP contribution is 2.40. The summed E-state index contributed by atoms with van der Waals surface area (Å²) in [6.45, 7) is 4.14. The molecule has 1 aliphatic heterocycles. The molecule has 0 aliphatic carbocycles. The maximum absolute atomic E-state index is 9.01. The number of hydrogen-bond donors (Lipinski definition) is 2. The van der Waals surface area contributed by atoms with Crippen LogP contribution in [0.1, 0.15) is 37.4 Å². The van der Waals surface area contributed by atoms with E-state index in [2.05, 4.69) is 52.5 Å². The zero-order valence-corrected chi connectivity index (χ0v) is 16.4. The van der Waals surface area contributed by atoms with Crippen molar-refractivity contribution in [3.05, 3.63) is 58.1 Å². The Balaban J connectivity index is 1.78. The Kier molecular flexibility index (Phi) is 4.98. The fraction of sp³-hybridized carbons (Fsp3) is 0.263. The summed E-state index contributed by atoms with van der Waals surface area (Å²) >= 11 is 9.00. The number of benzene rings is 2. The summed E-state index contributed by atoms with van der Waals surface area (Å²) in [6, 6.07) is 15.4. The second kappa shape index (κ2) is 7.03. The molecule has 0 unspecified atom stereocenters. The lowest BCUT2D eigenvalue weighted by Gasteiger charge is -2.38. The summed E-state index contributed by atoms with van der Waals surface area (Å²) in [4.78, 5) is 0. The van der Waals surface area contributed by atoms with Gasteiger partial charge in [-0.3, -0.25) is 0 Å². The van der Waals surface area contributed by atoms with Gasteiger partial charge in [-0.1, -0.05) is 22.0 Å². The molecule has 2 aromatic carbocycles. The first kappa shape index (κ1) is 17.7. The molecule has 1 atom stereocenters. The van der Waals surface area contributed by atoms with Crippen LogP contribution in [-0.4, -0.2) is 10.7 Å². The molecule has 0 aromatic heterocycles. The average molecular weight is 416 g/mol. The molecule has 0 saturated heterocycles. The van der Waals surface area contributed by atoms with Crippen molar-refractivity contribution in [1.82, 2.24) is 5.32 Å². The van der Waals surface area contributed by atoms with Gasteiger partial charge in [0, 0.05) is 22.1 Å². The van der Waals surface area contributed by atoms with E-state index in [0.29, 0.717) is 10.7 Å². The van der Waals surface area contributed by atoms with Crippen LogP contribution < -0.4 is 15.4 Å². The minimum atomic E-state index is -0.283. The van der Waals surface area contributed by atoms with E-state index in [4.69, 9.17) is 22.2 Å². The SMILES string of the molecule is CC1(C)C[C@@H](NC(=S)Nc2cccc(C#N)c2)c2cc(Br)ccc2O1. The normalized spacial score (nSPS) is 17.6. The molecule has 0 bridgehead atoms. The van der Waals surface area contributed by atoms with Crippen LogP contribution in [0.25, 0.3) is 0 Å². The van der Waals surface area contributed by atoms with Gasteiger partial charge in [-0.15, -0.1) is 0 Å². The van der Waals surface area contributed by atoms with E-state index in [-0.39, 0.29) is 11.6 Å². The van der Waals surface area contributed by atoms with E-state index in [0.717, 1.165) is 27.9 Å². The Bertz CT molecular complexity index is 860. The molecule has 6 heteroatoms. The van der Waals surface area contributed by atoms with Crippen LogP contribution >= 0.6 is 28.1 Å². The van der Waals surface area contributed by atoms with Gasteiger partial charge in [0.1, 0.15) is 11.4 Å². The maximum atomic E-state index is 9.01. The lowest BCUT2D eigenvalue weighted by Crippen LogP contribution is -2.42. The number of thiocarbonyl (C=S) groups is 1. The number of halogens is 1. The van der Waals surface area contributed by atoms with Crippen LogP contribution in [0.15, 0.2) is 46.9 Å². The molecule has 2 N–H and O–H groups in total. The first-order valence-corrected chi connectivity index (χ1v) is 9.12. The fourth-order valence-electron chi connectivity index (χ4n) is 2.95. The van der Waals surface area contributed by atoms with Crippen LogP contribution in [0.3, 0.4) is 0 Å². The molecule has 128 valence electrons. The minimum Gasteiger partial charge on any atom is -0.487 e. The molecule has 0 spiro atoms. The minimum absolute atomic E-state index is 0.0374. The van der Waals surface area contributed by atoms with E-state index in [9.17, 15) is 0 Å². The second-order valence-electron chi connectivity index (χ2n) is 6.59. The third kappa shape index (κ3) is 4.30. The van der Waals surface area contributed by atoms with Crippen molar-refractivity contribution in [3.8, 4) is 11.8 Å². The summed E-state index contributed by atoms with van der Waals surface area (Å²) < 4.78 is 7.08. The molecular weight excluding hydrogens is 398 g/mol. The molecule has 2 aromatic rings. The van der Waals surface area contributed by atoms with Crippen LogP contribution in [0.5, 0.6) is 5.75 Å². The lowest BCUT2D eigenvalue weighted by molar-refractivity contribution is 0.0696. The van der Waals surface area contributed by atoms with Crippen LogP contribution in [0.2, 0.25) is 0 Å².